The maximum absolute atomic E-state index is 5.82. The average molecular weight is 338 g/mol. The lowest BCUT2D eigenvalue weighted by Crippen LogP contribution is -2.15. The first-order valence-electron chi connectivity index (χ1n) is 9.88. The van der Waals surface area contributed by atoms with Crippen LogP contribution in [0.5, 0.6) is 5.75 Å². The lowest BCUT2D eigenvalue weighted by Gasteiger charge is -2.22. The quantitative estimate of drug-likeness (QED) is 0.586. The molecule has 1 aromatic carbocycles. The molecular weight excluding hydrogens is 308 g/mol. The summed E-state index contributed by atoms with van der Waals surface area (Å²) in [5.74, 6) is 2.57. The Balaban J connectivity index is 1.61. The summed E-state index contributed by atoms with van der Waals surface area (Å²) in [7, 11) is 0. The first kappa shape index (κ1) is 17.9. The predicted molar refractivity (Wildman–Crippen MR) is 103 cm³/mol. The van der Waals surface area contributed by atoms with Crippen LogP contribution < -0.4 is 4.74 Å². The van der Waals surface area contributed by atoms with Crippen LogP contribution in [0.2, 0.25) is 0 Å². The first-order chi connectivity index (χ1) is 12.3. The zero-order valence-electron chi connectivity index (χ0n) is 15.6. The summed E-state index contributed by atoms with van der Waals surface area (Å²) in [5, 5.41) is 0. The Hall–Kier alpha value is -1.90. The molecule has 0 spiro atoms. The molecule has 25 heavy (non-hydrogen) atoms. The number of hydrogen-bond acceptors (Lipinski definition) is 3. The highest BCUT2D eigenvalue weighted by Crippen LogP contribution is 2.28. The van der Waals surface area contributed by atoms with Crippen molar-refractivity contribution < 1.29 is 4.74 Å². The maximum Gasteiger partial charge on any atom is 0.159 e. The van der Waals surface area contributed by atoms with Crippen LogP contribution in [-0.2, 0) is 12.8 Å². The van der Waals surface area contributed by atoms with E-state index in [0.29, 0.717) is 0 Å². The molecule has 1 aliphatic carbocycles. The van der Waals surface area contributed by atoms with Crippen LogP contribution in [0.1, 0.15) is 63.6 Å². The Morgan fingerprint density at radius 1 is 1.08 bits per heavy atom. The highest BCUT2D eigenvalue weighted by molar-refractivity contribution is 5.56. The predicted octanol–water partition coefficient (Wildman–Crippen LogP) is 5.62. The van der Waals surface area contributed by atoms with Crippen LogP contribution >= 0.6 is 0 Å². The van der Waals surface area contributed by atoms with Crippen LogP contribution in [0, 0.1) is 5.92 Å². The van der Waals surface area contributed by atoms with Crippen molar-refractivity contribution in [2.24, 2.45) is 5.92 Å². The molecule has 1 heterocycles. The molecule has 1 atom stereocenters. The monoisotopic (exact) mass is 338 g/mol. The lowest BCUT2D eigenvalue weighted by atomic mass is 9.86. The molecule has 0 amide bonds. The molecule has 134 valence electrons. The van der Waals surface area contributed by atoms with E-state index in [0.717, 1.165) is 48.9 Å². The van der Waals surface area contributed by atoms with E-state index < -0.39 is 0 Å². The zero-order chi connectivity index (χ0) is 17.5. The Bertz CT molecular complexity index is 666. The number of rotatable bonds is 8. The number of unbranched alkanes of at least 4 members (excludes halogenated alkanes) is 3. The molecule has 0 saturated heterocycles. The normalized spacial score (nSPS) is 16.5. The van der Waals surface area contributed by atoms with Gasteiger partial charge in [0.15, 0.2) is 5.82 Å². The minimum Gasteiger partial charge on any atom is -0.494 e. The van der Waals surface area contributed by atoms with Gasteiger partial charge in [0.2, 0.25) is 0 Å². The minimum absolute atomic E-state index is 0.799. The van der Waals surface area contributed by atoms with Crippen LogP contribution in [0.3, 0.4) is 0 Å². The van der Waals surface area contributed by atoms with E-state index in [2.05, 4.69) is 31.0 Å². The molecule has 1 unspecified atom stereocenters. The van der Waals surface area contributed by atoms with Gasteiger partial charge in [0.1, 0.15) is 5.75 Å². The second-order valence-electron chi connectivity index (χ2n) is 7.12. The first-order valence-corrected chi connectivity index (χ1v) is 9.88. The fourth-order valence-electron chi connectivity index (χ4n) is 3.49. The fourth-order valence-corrected chi connectivity index (χ4v) is 3.49. The van der Waals surface area contributed by atoms with Crippen molar-refractivity contribution in [3.63, 3.8) is 0 Å². The van der Waals surface area contributed by atoms with Gasteiger partial charge in [0.05, 0.1) is 6.61 Å². The van der Waals surface area contributed by atoms with E-state index in [1.54, 1.807) is 0 Å². The van der Waals surface area contributed by atoms with Crippen LogP contribution in [0.25, 0.3) is 11.4 Å². The summed E-state index contributed by atoms with van der Waals surface area (Å²) in [6.45, 7) is 5.30. The van der Waals surface area contributed by atoms with Crippen molar-refractivity contribution in [2.75, 3.05) is 6.61 Å². The third-order valence-corrected chi connectivity index (χ3v) is 5.21. The third kappa shape index (κ3) is 4.81. The van der Waals surface area contributed by atoms with Gasteiger partial charge in [0.25, 0.3) is 0 Å². The van der Waals surface area contributed by atoms with E-state index in [-0.39, 0.29) is 0 Å². The number of aryl methyl sites for hydroxylation is 1. The summed E-state index contributed by atoms with van der Waals surface area (Å²) < 4.78 is 5.82. The van der Waals surface area contributed by atoms with Gasteiger partial charge in [-0.05, 0) is 61.4 Å². The van der Waals surface area contributed by atoms with Gasteiger partial charge in [-0.2, -0.15) is 0 Å². The topological polar surface area (TPSA) is 35.0 Å². The molecule has 0 saturated carbocycles. The van der Waals surface area contributed by atoms with E-state index in [9.17, 15) is 0 Å². The SMILES string of the molecule is CCCCCCOc1ccc(-c2ncc3c(n2)CCC(CC)C3)cc1. The second kappa shape index (κ2) is 8.98. The molecular formula is C22H30N2O. The summed E-state index contributed by atoms with van der Waals surface area (Å²) in [6, 6.07) is 8.21. The molecule has 3 rings (SSSR count). The molecule has 0 N–H and O–H groups in total. The van der Waals surface area contributed by atoms with Crippen molar-refractivity contribution in [2.45, 2.75) is 65.2 Å². The van der Waals surface area contributed by atoms with Gasteiger partial charge >= 0.3 is 0 Å². The molecule has 0 bridgehead atoms. The summed E-state index contributed by atoms with van der Waals surface area (Å²) >= 11 is 0. The number of nitrogens with zero attached hydrogens (tertiary/aromatic N) is 2. The molecule has 0 radical (unpaired) electrons. The highest BCUT2D eigenvalue weighted by atomic mass is 16.5. The van der Waals surface area contributed by atoms with Crippen LogP contribution in [0.15, 0.2) is 30.5 Å². The van der Waals surface area contributed by atoms with Crippen molar-refractivity contribution in [1.29, 1.82) is 0 Å². The zero-order valence-corrected chi connectivity index (χ0v) is 15.6. The van der Waals surface area contributed by atoms with E-state index in [1.807, 2.05) is 18.3 Å². The van der Waals surface area contributed by atoms with Crippen molar-refractivity contribution >= 4 is 0 Å². The molecule has 2 aromatic rings. The van der Waals surface area contributed by atoms with Gasteiger partial charge in [-0.3, -0.25) is 0 Å². The average Bonchev–Trinajstić information content (AvgIpc) is 2.67. The molecule has 1 aromatic heterocycles. The number of fused-ring (bicyclic) bond motifs is 1. The van der Waals surface area contributed by atoms with Crippen LogP contribution in [-0.4, -0.2) is 16.6 Å². The van der Waals surface area contributed by atoms with Crippen molar-refractivity contribution in [1.82, 2.24) is 9.97 Å². The number of ether oxygens (including phenoxy) is 1. The lowest BCUT2D eigenvalue weighted by molar-refractivity contribution is 0.305. The number of aromatic nitrogens is 2. The summed E-state index contributed by atoms with van der Waals surface area (Å²) in [6.07, 6.45) is 11.7. The Morgan fingerprint density at radius 3 is 2.68 bits per heavy atom. The van der Waals surface area contributed by atoms with E-state index in [4.69, 9.17) is 9.72 Å². The van der Waals surface area contributed by atoms with Crippen molar-refractivity contribution in [3.05, 3.63) is 41.7 Å². The van der Waals surface area contributed by atoms with Gasteiger partial charge in [-0.25, -0.2) is 9.97 Å². The van der Waals surface area contributed by atoms with Crippen molar-refractivity contribution in [3.8, 4) is 17.1 Å². The molecule has 0 fully saturated rings. The van der Waals surface area contributed by atoms with Gasteiger partial charge in [0, 0.05) is 17.5 Å². The Morgan fingerprint density at radius 2 is 1.92 bits per heavy atom. The van der Waals surface area contributed by atoms with Gasteiger partial charge < -0.3 is 4.74 Å². The number of hydrogen-bond donors (Lipinski definition) is 0. The third-order valence-electron chi connectivity index (χ3n) is 5.21. The standard InChI is InChI=1S/C22H30N2O/c1-3-5-6-7-14-25-20-11-9-18(10-12-20)22-23-16-19-15-17(4-2)8-13-21(19)24-22/h9-12,16-17H,3-8,13-15H2,1-2H3. The molecule has 1 aliphatic rings. The van der Waals surface area contributed by atoms with Gasteiger partial charge in [-0.15, -0.1) is 0 Å². The Kier molecular flexibility index (Phi) is 6.43. The smallest absolute Gasteiger partial charge is 0.159 e. The number of benzene rings is 1. The summed E-state index contributed by atoms with van der Waals surface area (Å²) in [4.78, 5) is 9.43. The van der Waals surface area contributed by atoms with E-state index in [1.165, 1.54) is 43.4 Å². The van der Waals surface area contributed by atoms with Gasteiger partial charge in [-0.1, -0.05) is 39.5 Å². The summed E-state index contributed by atoms with van der Waals surface area (Å²) in [5.41, 5.74) is 3.65. The maximum atomic E-state index is 5.82. The minimum atomic E-state index is 0.799. The second-order valence-corrected chi connectivity index (χ2v) is 7.12. The molecule has 3 heteroatoms. The van der Waals surface area contributed by atoms with Crippen LogP contribution in [0.4, 0.5) is 0 Å². The fraction of sp³-hybridized carbons (Fsp3) is 0.545. The highest BCUT2D eigenvalue weighted by Gasteiger charge is 2.19. The molecule has 3 nitrogen and oxygen atoms in total. The largest absolute Gasteiger partial charge is 0.494 e. The van der Waals surface area contributed by atoms with E-state index >= 15 is 0 Å². The molecule has 0 aliphatic heterocycles. The Labute approximate surface area is 151 Å².